The second kappa shape index (κ2) is 4.78. The van der Waals surface area contributed by atoms with E-state index in [0.29, 0.717) is 30.8 Å². The molecular weight excluding hydrogens is 290 g/mol. The van der Waals surface area contributed by atoms with Crippen molar-refractivity contribution in [2.45, 2.75) is 31.1 Å². The lowest BCUT2D eigenvalue weighted by atomic mass is 9.69. The van der Waals surface area contributed by atoms with Crippen LogP contribution in [-0.4, -0.2) is 29.2 Å². The van der Waals surface area contributed by atoms with Crippen LogP contribution >= 0.6 is 0 Å². The highest BCUT2D eigenvalue weighted by Gasteiger charge is 2.43. The third kappa shape index (κ3) is 1.76. The maximum atomic E-state index is 11.9. The van der Waals surface area contributed by atoms with Gasteiger partial charge in [-0.25, -0.2) is 9.78 Å². The summed E-state index contributed by atoms with van der Waals surface area (Å²) in [7, 11) is 0. The van der Waals surface area contributed by atoms with Gasteiger partial charge in [-0.2, -0.15) is 0 Å². The molecule has 5 rings (SSSR count). The van der Waals surface area contributed by atoms with Crippen molar-refractivity contribution in [2.75, 3.05) is 18.1 Å². The van der Waals surface area contributed by atoms with Crippen LogP contribution in [0.5, 0.6) is 0 Å². The van der Waals surface area contributed by atoms with Crippen molar-refractivity contribution >= 4 is 11.9 Å². The molecule has 3 aliphatic rings. The predicted molar refractivity (Wildman–Crippen MR) is 85.5 cm³/mol. The lowest BCUT2D eigenvalue weighted by molar-refractivity contribution is 0.181. The summed E-state index contributed by atoms with van der Waals surface area (Å²) in [6, 6.07) is 6.08. The van der Waals surface area contributed by atoms with Crippen LogP contribution in [0.4, 0.5) is 10.6 Å². The third-order valence-electron chi connectivity index (χ3n) is 5.37. The van der Waals surface area contributed by atoms with Crippen LogP contribution < -0.4 is 4.90 Å². The number of pyridine rings is 2. The normalized spacial score (nSPS) is 24.9. The monoisotopic (exact) mass is 307 g/mol. The van der Waals surface area contributed by atoms with Crippen molar-refractivity contribution < 1.29 is 9.53 Å². The molecule has 1 saturated heterocycles. The van der Waals surface area contributed by atoms with Crippen LogP contribution in [0.25, 0.3) is 11.3 Å². The van der Waals surface area contributed by atoms with E-state index in [4.69, 9.17) is 4.74 Å². The van der Waals surface area contributed by atoms with Crippen molar-refractivity contribution in [2.24, 2.45) is 0 Å². The van der Waals surface area contributed by atoms with E-state index in [-0.39, 0.29) is 6.09 Å². The smallest absolute Gasteiger partial charge is 0.415 e. The van der Waals surface area contributed by atoms with E-state index in [9.17, 15) is 4.79 Å². The van der Waals surface area contributed by atoms with Gasteiger partial charge in [-0.15, -0.1) is 0 Å². The van der Waals surface area contributed by atoms with Gasteiger partial charge in [-0.05, 0) is 54.0 Å². The van der Waals surface area contributed by atoms with Crippen LogP contribution in [0, 0.1) is 0 Å². The van der Waals surface area contributed by atoms with E-state index >= 15 is 0 Å². The van der Waals surface area contributed by atoms with Crippen LogP contribution in [-0.2, 0) is 4.74 Å². The Hall–Kier alpha value is -2.43. The molecule has 0 spiro atoms. The summed E-state index contributed by atoms with van der Waals surface area (Å²) in [6.45, 7) is 0.962. The molecular formula is C18H17N3O2. The number of hydrogen-bond acceptors (Lipinski definition) is 4. The molecule has 0 bridgehead atoms. The SMILES string of the molecule is O=C1OCCN1c1ncccc1-c1nccc2c1C1CCCC21. The lowest BCUT2D eigenvalue weighted by Crippen LogP contribution is -2.26. The van der Waals surface area contributed by atoms with E-state index in [1.807, 2.05) is 18.3 Å². The van der Waals surface area contributed by atoms with Gasteiger partial charge in [0.2, 0.25) is 0 Å². The zero-order valence-electron chi connectivity index (χ0n) is 12.7. The Bertz CT molecular complexity index is 805. The average Bonchev–Trinajstić information content (AvgIpc) is 3.18. The van der Waals surface area contributed by atoms with E-state index in [0.717, 1.165) is 11.3 Å². The van der Waals surface area contributed by atoms with Gasteiger partial charge in [0.15, 0.2) is 0 Å². The van der Waals surface area contributed by atoms with Gasteiger partial charge in [0.05, 0.1) is 12.2 Å². The summed E-state index contributed by atoms with van der Waals surface area (Å²) in [4.78, 5) is 22.7. The molecule has 1 saturated carbocycles. The van der Waals surface area contributed by atoms with E-state index in [1.165, 1.54) is 30.4 Å². The van der Waals surface area contributed by atoms with Gasteiger partial charge >= 0.3 is 6.09 Å². The zero-order valence-corrected chi connectivity index (χ0v) is 12.7. The van der Waals surface area contributed by atoms with E-state index in [1.54, 1.807) is 11.1 Å². The highest BCUT2D eigenvalue weighted by molar-refractivity contribution is 5.93. The number of carbonyl (C=O) groups is 1. The molecule has 2 unspecified atom stereocenters. The van der Waals surface area contributed by atoms with Crippen molar-refractivity contribution in [3.05, 3.63) is 41.7 Å². The molecule has 2 aromatic rings. The topological polar surface area (TPSA) is 55.3 Å². The first-order valence-electron chi connectivity index (χ1n) is 8.23. The standard InChI is InChI=1S/C18H17N3O2/c22-18-21(9-10-23-18)17-14(5-2-7-20-17)16-15-12-4-1-3-11(12)13(15)6-8-19-16/h2,5-8,11-12H,1,3-4,9-10H2. The second-order valence-corrected chi connectivity index (χ2v) is 6.45. The Morgan fingerprint density at radius 2 is 2.04 bits per heavy atom. The number of nitrogens with zero attached hydrogens (tertiary/aromatic N) is 3. The number of rotatable bonds is 2. The highest BCUT2D eigenvalue weighted by atomic mass is 16.6. The molecule has 3 heterocycles. The number of amides is 1. The third-order valence-corrected chi connectivity index (χ3v) is 5.37. The second-order valence-electron chi connectivity index (χ2n) is 6.45. The molecule has 116 valence electrons. The minimum atomic E-state index is -0.321. The maximum absolute atomic E-state index is 11.9. The molecule has 5 heteroatoms. The predicted octanol–water partition coefficient (Wildman–Crippen LogP) is 3.46. The summed E-state index contributed by atoms with van der Waals surface area (Å²) in [5.41, 5.74) is 4.75. The summed E-state index contributed by atoms with van der Waals surface area (Å²) >= 11 is 0. The summed E-state index contributed by atoms with van der Waals surface area (Å²) < 4.78 is 5.07. The van der Waals surface area contributed by atoms with Gasteiger partial charge in [0, 0.05) is 18.0 Å². The lowest BCUT2D eigenvalue weighted by Gasteiger charge is -2.36. The Labute approximate surface area is 134 Å². The Morgan fingerprint density at radius 3 is 2.91 bits per heavy atom. The fraction of sp³-hybridized carbons (Fsp3) is 0.389. The van der Waals surface area contributed by atoms with Crippen molar-refractivity contribution in [3.8, 4) is 11.3 Å². The van der Waals surface area contributed by atoms with E-state index < -0.39 is 0 Å². The van der Waals surface area contributed by atoms with Gasteiger partial charge in [0.25, 0.3) is 0 Å². The molecule has 0 radical (unpaired) electrons. The number of anilines is 1. The minimum absolute atomic E-state index is 0.321. The van der Waals surface area contributed by atoms with Gasteiger partial charge in [0.1, 0.15) is 12.4 Å². The Morgan fingerprint density at radius 1 is 1.13 bits per heavy atom. The van der Waals surface area contributed by atoms with Crippen LogP contribution in [0.2, 0.25) is 0 Å². The van der Waals surface area contributed by atoms with E-state index in [2.05, 4.69) is 16.0 Å². The number of ether oxygens (including phenoxy) is 1. The minimum Gasteiger partial charge on any atom is -0.447 e. The summed E-state index contributed by atoms with van der Waals surface area (Å²) in [5, 5.41) is 0. The molecule has 1 amide bonds. The first-order chi connectivity index (χ1) is 11.3. The van der Waals surface area contributed by atoms with Gasteiger partial charge < -0.3 is 4.74 Å². The molecule has 2 aromatic heterocycles. The van der Waals surface area contributed by atoms with Gasteiger partial charge in [-0.1, -0.05) is 6.42 Å². The molecule has 1 aliphatic heterocycles. The number of carbonyl (C=O) groups excluding carboxylic acids is 1. The van der Waals surface area contributed by atoms with Gasteiger partial charge in [-0.3, -0.25) is 9.88 Å². The fourth-order valence-electron chi connectivity index (χ4n) is 4.38. The zero-order chi connectivity index (χ0) is 15.4. The van der Waals surface area contributed by atoms with Crippen LogP contribution in [0.3, 0.4) is 0 Å². The average molecular weight is 307 g/mol. The maximum Gasteiger partial charge on any atom is 0.415 e. The largest absolute Gasteiger partial charge is 0.447 e. The molecule has 2 fully saturated rings. The molecule has 23 heavy (non-hydrogen) atoms. The number of hydrogen-bond donors (Lipinski definition) is 0. The Balaban J connectivity index is 1.66. The number of cyclic esters (lactones) is 1. The number of aromatic nitrogens is 2. The summed E-state index contributed by atoms with van der Waals surface area (Å²) in [5.74, 6) is 2.01. The Kier molecular flexibility index (Phi) is 2.71. The highest BCUT2D eigenvalue weighted by Crippen LogP contribution is 2.58. The van der Waals surface area contributed by atoms with Crippen molar-refractivity contribution in [1.29, 1.82) is 0 Å². The van der Waals surface area contributed by atoms with Crippen LogP contribution in [0.15, 0.2) is 30.6 Å². The first-order valence-corrected chi connectivity index (χ1v) is 8.23. The molecule has 2 atom stereocenters. The fourth-order valence-corrected chi connectivity index (χ4v) is 4.38. The number of fused-ring (bicyclic) bond motifs is 4. The van der Waals surface area contributed by atoms with Crippen molar-refractivity contribution in [3.63, 3.8) is 0 Å². The quantitative estimate of drug-likeness (QED) is 0.852. The first kappa shape index (κ1) is 13.0. The molecule has 5 nitrogen and oxygen atoms in total. The van der Waals surface area contributed by atoms with Crippen molar-refractivity contribution in [1.82, 2.24) is 9.97 Å². The van der Waals surface area contributed by atoms with Crippen LogP contribution in [0.1, 0.15) is 42.2 Å². The summed E-state index contributed by atoms with van der Waals surface area (Å²) in [6.07, 6.45) is 7.12. The molecule has 0 aromatic carbocycles. The molecule has 0 N–H and O–H groups in total. The molecule has 2 aliphatic carbocycles.